The summed E-state index contributed by atoms with van der Waals surface area (Å²) in [5.41, 5.74) is 0. The standard InChI is InChI=1S/C13H24N2O2/c16-13(15-11-4-5-11)7-9-14-8-6-12-3-1-2-10-17-12/h11-12,14H,1-10H2,(H,15,16). The largest absolute Gasteiger partial charge is 0.378 e. The number of nitrogens with one attached hydrogen (secondary N) is 2. The van der Waals surface area contributed by atoms with E-state index in [2.05, 4.69) is 10.6 Å². The Morgan fingerprint density at radius 2 is 2.06 bits per heavy atom. The van der Waals surface area contributed by atoms with Gasteiger partial charge in [-0.25, -0.2) is 0 Å². The highest BCUT2D eigenvalue weighted by molar-refractivity contribution is 5.76. The summed E-state index contributed by atoms with van der Waals surface area (Å²) >= 11 is 0. The third-order valence-electron chi connectivity index (χ3n) is 3.39. The smallest absolute Gasteiger partial charge is 0.221 e. The van der Waals surface area contributed by atoms with Gasteiger partial charge in [-0.3, -0.25) is 4.79 Å². The van der Waals surface area contributed by atoms with Gasteiger partial charge in [-0.15, -0.1) is 0 Å². The Morgan fingerprint density at radius 3 is 2.76 bits per heavy atom. The Hall–Kier alpha value is -0.610. The zero-order valence-corrected chi connectivity index (χ0v) is 10.5. The number of carbonyl (C=O) groups excluding carboxylic acids is 1. The summed E-state index contributed by atoms with van der Waals surface area (Å²) < 4.78 is 5.65. The Balaban J connectivity index is 1.41. The monoisotopic (exact) mass is 240 g/mol. The molecule has 0 spiro atoms. The van der Waals surface area contributed by atoms with Gasteiger partial charge in [0.15, 0.2) is 0 Å². The minimum atomic E-state index is 0.189. The topological polar surface area (TPSA) is 50.4 Å². The molecule has 1 unspecified atom stereocenters. The molecule has 17 heavy (non-hydrogen) atoms. The van der Waals surface area contributed by atoms with Gasteiger partial charge in [0.25, 0.3) is 0 Å². The van der Waals surface area contributed by atoms with Crippen LogP contribution in [0.5, 0.6) is 0 Å². The lowest BCUT2D eigenvalue weighted by molar-refractivity contribution is -0.121. The minimum Gasteiger partial charge on any atom is -0.378 e. The van der Waals surface area contributed by atoms with Crippen molar-refractivity contribution in [1.29, 1.82) is 0 Å². The third-order valence-corrected chi connectivity index (χ3v) is 3.39. The van der Waals surface area contributed by atoms with Crippen LogP contribution in [0.15, 0.2) is 0 Å². The molecule has 2 N–H and O–H groups in total. The van der Waals surface area contributed by atoms with E-state index in [1.807, 2.05) is 0 Å². The third kappa shape index (κ3) is 5.50. The first-order valence-electron chi connectivity index (χ1n) is 6.96. The van der Waals surface area contributed by atoms with Crippen molar-refractivity contribution in [2.45, 2.75) is 57.1 Å². The first-order chi connectivity index (χ1) is 8.34. The number of amides is 1. The van der Waals surface area contributed by atoms with E-state index >= 15 is 0 Å². The van der Waals surface area contributed by atoms with Crippen LogP contribution in [0.2, 0.25) is 0 Å². The van der Waals surface area contributed by atoms with Crippen molar-refractivity contribution in [3.05, 3.63) is 0 Å². The van der Waals surface area contributed by atoms with E-state index in [4.69, 9.17) is 4.74 Å². The fourth-order valence-corrected chi connectivity index (χ4v) is 2.15. The van der Waals surface area contributed by atoms with Crippen LogP contribution in [0.3, 0.4) is 0 Å². The average molecular weight is 240 g/mol. The molecular formula is C13H24N2O2. The summed E-state index contributed by atoms with van der Waals surface area (Å²) in [7, 11) is 0. The molecule has 0 aromatic heterocycles. The van der Waals surface area contributed by atoms with E-state index in [0.717, 1.165) is 39.0 Å². The molecule has 2 fully saturated rings. The van der Waals surface area contributed by atoms with E-state index in [9.17, 15) is 4.79 Å². The molecule has 4 heteroatoms. The van der Waals surface area contributed by atoms with Gasteiger partial charge in [-0.05, 0) is 45.1 Å². The summed E-state index contributed by atoms with van der Waals surface area (Å²) in [6.45, 7) is 2.67. The van der Waals surface area contributed by atoms with Gasteiger partial charge in [0.1, 0.15) is 0 Å². The lowest BCUT2D eigenvalue weighted by Crippen LogP contribution is -2.30. The first kappa shape index (κ1) is 12.8. The van der Waals surface area contributed by atoms with E-state index < -0.39 is 0 Å². The number of carbonyl (C=O) groups is 1. The van der Waals surface area contributed by atoms with Crippen molar-refractivity contribution in [2.75, 3.05) is 19.7 Å². The second-order valence-electron chi connectivity index (χ2n) is 5.12. The van der Waals surface area contributed by atoms with Gasteiger partial charge in [0.05, 0.1) is 6.10 Å². The quantitative estimate of drug-likeness (QED) is 0.658. The molecule has 0 aromatic carbocycles. The lowest BCUT2D eigenvalue weighted by atomic mass is 10.1. The molecule has 1 aliphatic heterocycles. The summed E-state index contributed by atoms with van der Waals surface area (Å²) in [4.78, 5) is 11.4. The molecule has 4 nitrogen and oxygen atoms in total. The fourth-order valence-electron chi connectivity index (χ4n) is 2.15. The van der Waals surface area contributed by atoms with Crippen molar-refractivity contribution in [3.63, 3.8) is 0 Å². The summed E-state index contributed by atoms with van der Waals surface area (Å²) in [5.74, 6) is 0.189. The molecule has 1 amide bonds. The molecular weight excluding hydrogens is 216 g/mol. The number of rotatable bonds is 7. The van der Waals surface area contributed by atoms with Crippen LogP contribution in [-0.2, 0) is 9.53 Å². The van der Waals surface area contributed by atoms with Gasteiger partial charge < -0.3 is 15.4 Å². The predicted molar refractivity (Wildman–Crippen MR) is 66.9 cm³/mol. The van der Waals surface area contributed by atoms with Crippen molar-refractivity contribution in [1.82, 2.24) is 10.6 Å². The Kier molecular flexibility index (Phi) is 5.26. The van der Waals surface area contributed by atoms with Crippen LogP contribution in [0.4, 0.5) is 0 Å². The molecule has 0 aromatic rings. The van der Waals surface area contributed by atoms with Crippen LogP contribution in [0.25, 0.3) is 0 Å². The molecule has 1 aliphatic carbocycles. The van der Waals surface area contributed by atoms with E-state index in [-0.39, 0.29) is 5.91 Å². The zero-order chi connectivity index (χ0) is 11.9. The highest BCUT2D eigenvalue weighted by atomic mass is 16.5. The van der Waals surface area contributed by atoms with Crippen LogP contribution in [0, 0.1) is 0 Å². The number of hydrogen-bond donors (Lipinski definition) is 2. The fraction of sp³-hybridized carbons (Fsp3) is 0.923. The predicted octanol–water partition coefficient (Wildman–Crippen LogP) is 1.20. The maximum absolute atomic E-state index is 11.4. The second kappa shape index (κ2) is 6.97. The number of ether oxygens (including phenoxy) is 1. The van der Waals surface area contributed by atoms with Crippen molar-refractivity contribution in [3.8, 4) is 0 Å². The molecule has 1 heterocycles. The van der Waals surface area contributed by atoms with E-state index in [0.29, 0.717) is 18.6 Å². The normalized spacial score (nSPS) is 24.6. The van der Waals surface area contributed by atoms with Crippen LogP contribution < -0.4 is 10.6 Å². The number of hydrogen-bond acceptors (Lipinski definition) is 3. The molecule has 1 saturated heterocycles. The van der Waals surface area contributed by atoms with Crippen LogP contribution >= 0.6 is 0 Å². The molecule has 2 aliphatic rings. The summed E-state index contributed by atoms with van der Waals surface area (Å²) in [6, 6.07) is 0.484. The van der Waals surface area contributed by atoms with Crippen LogP contribution in [0.1, 0.15) is 44.9 Å². The molecule has 1 atom stereocenters. The molecule has 1 saturated carbocycles. The zero-order valence-electron chi connectivity index (χ0n) is 10.5. The Labute approximate surface area is 103 Å². The van der Waals surface area contributed by atoms with Gasteiger partial charge in [-0.2, -0.15) is 0 Å². The molecule has 98 valence electrons. The van der Waals surface area contributed by atoms with E-state index in [1.54, 1.807) is 0 Å². The molecule has 0 radical (unpaired) electrons. The van der Waals surface area contributed by atoms with Gasteiger partial charge >= 0.3 is 0 Å². The molecule has 2 rings (SSSR count). The summed E-state index contributed by atoms with van der Waals surface area (Å²) in [5, 5.41) is 6.31. The van der Waals surface area contributed by atoms with Crippen LogP contribution in [-0.4, -0.2) is 37.7 Å². The second-order valence-corrected chi connectivity index (χ2v) is 5.12. The molecule has 0 bridgehead atoms. The average Bonchev–Trinajstić information content (AvgIpc) is 3.14. The maximum Gasteiger partial charge on any atom is 0.221 e. The maximum atomic E-state index is 11.4. The Bertz CT molecular complexity index is 236. The van der Waals surface area contributed by atoms with Crippen molar-refractivity contribution >= 4 is 5.91 Å². The van der Waals surface area contributed by atoms with Gasteiger partial charge in [0.2, 0.25) is 5.91 Å². The highest BCUT2D eigenvalue weighted by Gasteiger charge is 2.22. The van der Waals surface area contributed by atoms with E-state index in [1.165, 1.54) is 19.3 Å². The first-order valence-corrected chi connectivity index (χ1v) is 6.96. The van der Waals surface area contributed by atoms with Gasteiger partial charge in [-0.1, -0.05) is 0 Å². The summed E-state index contributed by atoms with van der Waals surface area (Å²) in [6.07, 6.45) is 8.16. The van der Waals surface area contributed by atoms with Gasteiger partial charge in [0, 0.05) is 25.6 Å². The SMILES string of the molecule is O=C(CCNCCC1CCCCO1)NC1CC1. The van der Waals surface area contributed by atoms with Crippen molar-refractivity contribution < 1.29 is 9.53 Å². The lowest BCUT2D eigenvalue weighted by Gasteiger charge is -2.22. The minimum absolute atomic E-state index is 0.189. The Morgan fingerprint density at radius 1 is 1.18 bits per heavy atom. The van der Waals surface area contributed by atoms with Crippen molar-refractivity contribution in [2.24, 2.45) is 0 Å². The highest BCUT2D eigenvalue weighted by Crippen LogP contribution is 2.18.